The molecule has 1 heterocycles. The van der Waals surface area contributed by atoms with E-state index in [1.165, 1.54) is 6.42 Å². The van der Waals surface area contributed by atoms with Crippen molar-refractivity contribution in [3.63, 3.8) is 0 Å². The molecule has 0 aliphatic rings. The van der Waals surface area contributed by atoms with E-state index in [2.05, 4.69) is 36.2 Å². The monoisotopic (exact) mass is 211 g/mol. The highest BCUT2D eigenvalue weighted by Gasteiger charge is 2.05. The minimum absolute atomic E-state index is 0.554. The highest BCUT2D eigenvalue weighted by atomic mass is 16.5. The van der Waals surface area contributed by atoms with Gasteiger partial charge in [0, 0.05) is 25.9 Å². The average molecular weight is 211 g/mol. The molecule has 1 rings (SSSR count). The van der Waals surface area contributed by atoms with Crippen LogP contribution in [0.5, 0.6) is 0 Å². The van der Waals surface area contributed by atoms with E-state index in [-0.39, 0.29) is 0 Å². The maximum Gasteiger partial charge on any atom is 0.223 e. The Bertz CT molecular complexity index is 283. The minimum atomic E-state index is 0.554. The van der Waals surface area contributed by atoms with Gasteiger partial charge >= 0.3 is 0 Å². The molecule has 4 nitrogen and oxygen atoms in total. The summed E-state index contributed by atoms with van der Waals surface area (Å²) in [6, 6.07) is 0.554. The SMILES string of the molecule is Cc1nc(CCNC(C)CC(C)C)no1. The molecule has 0 aliphatic heterocycles. The quantitative estimate of drug-likeness (QED) is 0.781. The first-order valence-corrected chi connectivity index (χ1v) is 5.60. The molecule has 1 atom stereocenters. The molecule has 1 unspecified atom stereocenters. The Hall–Kier alpha value is -0.900. The average Bonchev–Trinajstić information content (AvgIpc) is 2.50. The molecule has 0 fully saturated rings. The first-order valence-electron chi connectivity index (χ1n) is 5.60. The number of hydrogen-bond acceptors (Lipinski definition) is 4. The van der Waals surface area contributed by atoms with Crippen molar-refractivity contribution in [2.24, 2.45) is 5.92 Å². The van der Waals surface area contributed by atoms with Crippen LogP contribution in [0.25, 0.3) is 0 Å². The van der Waals surface area contributed by atoms with Crippen LogP contribution >= 0.6 is 0 Å². The van der Waals surface area contributed by atoms with Crippen LogP contribution in [-0.4, -0.2) is 22.7 Å². The largest absolute Gasteiger partial charge is 0.340 e. The van der Waals surface area contributed by atoms with E-state index in [1.54, 1.807) is 0 Å². The van der Waals surface area contributed by atoms with Gasteiger partial charge in [-0.2, -0.15) is 4.98 Å². The lowest BCUT2D eigenvalue weighted by Crippen LogP contribution is -2.29. The van der Waals surface area contributed by atoms with Crippen molar-refractivity contribution in [3.8, 4) is 0 Å². The van der Waals surface area contributed by atoms with Gasteiger partial charge in [-0.25, -0.2) is 0 Å². The van der Waals surface area contributed by atoms with E-state index in [1.807, 2.05) is 6.92 Å². The van der Waals surface area contributed by atoms with Gasteiger partial charge in [0.2, 0.25) is 5.89 Å². The lowest BCUT2D eigenvalue weighted by molar-refractivity contribution is 0.385. The van der Waals surface area contributed by atoms with Gasteiger partial charge in [0.25, 0.3) is 0 Å². The van der Waals surface area contributed by atoms with Crippen molar-refractivity contribution < 1.29 is 4.52 Å². The van der Waals surface area contributed by atoms with E-state index in [9.17, 15) is 0 Å². The van der Waals surface area contributed by atoms with Gasteiger partial charge in [-0.3, -0.25) is 0 Å². The summed E-state index contributed by atoms with van der Waals surface area (Å²) in [4.78, 5) is 4.15. The first kappa shape index (κ1) is 12.2. The second-order valence-electron chi connectivity index (χ2n) is 4.46. The molecule has 1 aromatic heterocycles. The predicted molar refractivity (Wildman–Crippen MR) is 59.7 cm³/mol. The number of aryl methyl sites for hydroxylation is 1. The summed E-state index contributed by atoms with van der Waals surface area (Å²) in [5.74, 6) is 2.16. The zero-order chi connectivity index (χ0) is 11.3. The maximum absolute atomic E-state index is 4.90. The molecule has 0 radical (unpaired) electrons. The second-order valence-corrected chi connectivity index (χ2v) is 4.46. The van der Waals surface area contributed by atoms with Gasteiger partial charge in [-0.1, -0.05) is 19.0 Å². The summed E-state index contributed by atoms with van der Waals surface area (Å²) in [6.45, 7) is 9.40. The molecule has 0 aromatic carbocycles. The van der Waals surface area contributed by atoms with Crippen molar-refractivity contribution >= 4 is 0 Å². The van der Waals surface area contributed by atoms with Gasteiger partial charge < -0.3 is 9.84 Å². The van der Waals surface area contributed by atoms with E-state index < -0.39 is 0 Å². The fourth-order valence-electron chi connectivity index (χ4n) is 1.66. The first-order chi connectivity index (χ1) is 7.08. The van der Waals surface area contributed by atoms with Crippen LogP contribution in [0.2, 0.25) is 0 Å². The highest BCUT2D eigenvalue weighted by molar-refractivity contribution is 4.84. The Morgan fingerprint density at radius 1 is 1.33 bits per heavy atom. The molecular formula is C11H21N3O. The topological polar surface area (TPSA) is 51.0 Å². The van der Waals surface area contributed by atoms with Gasteiger partial charge in [0.05, 0.1) is 0 Å². The van der Waals surface area contributed by atoms with E-state index in [0.29, 0.717) is 11.9 Å². The molecule has 0 amide bonds. The third-order valence-corrected chi connectivity index (χ3v) is 2.24. The van der Waals surface area contributed by atoms with E-state index in [0.717, 1.165) is 24.7 Å². The summed E-state index contributed by atoms with van der Waals surface area (Å²) < 4.78 is 4.90. The lowest BCUT2D eigenvalue weighted by atomic mass is 10.1. The summed E-state index contributed by atoms with van der Waals surface area (Å²) >= 11 is 0. The Morgan fingerprint density at radius 2 is 2.07 bits per heavy atom. The Morgan fingerprint density at radius 3 is 2.60 bits per heavy atom. The summed E-state index contributed by atoms with van der Waals surface area (Å²) in [5.41, 5.74) is 0. The fourth-order valence-corrected chi connectivity index (χ4v) is 1.66. The fraction of sp³-hybridized carbons (Fsp3) is 0.818. The van der Waals surface area contributed by atoms with Crippen LogP contribution in [0.4, 0.5) is 0 Å². The van der Waals surface area contributed by atoms with Crippen LogP contribution in [0.15, 0.2) is 4.52 Å². The normalized spacial score (nSPS) is 13.4. The molecule has 1 N–H and O–H groups in total. The van der Waals surface area contributed by atoms with Gasteiger partial charge in [0.15, 0.2) is 5.82 Å². The number of nitrogens with zero attached hydrogens (tertiary/aromatic N) is 2. The molecule has 0 bridgehead atoms. The van der Waals surface area contributed by atoms with Crippen LogP contribution < -0.4 is 5.32 Å². The number of hydrogen-bond donors (Lipinski definition) is 1. The lowest BCUT2D eigenvalue weighted by Gasteiger charge is -2.14. The highest BCUT2D eigenvalue weighted by Crippen LogP contribution is 2.03. The molecule has 86 valence electrons. The molecule has 0 saturated carbocycles. The third kappa shape index (κ3) is 4.93. The summed E-state index contributed by atoms with van der Waals surface area (Å²) in [6.07, 6.45) is 2.03. The number of rotatable bonds is 6. The van der Waals surface area contributed by atoms with Crippen LogP contribution in [0.1, 0.15) is 38.9 Å². The van der Waals surface area contributed by atoms with Crippen LogP contribution in [0, 0.1) is 12.8 Å². The molecule has 15 heavy (non-hydrogen) atoms. The molecule has 0 aliphatic carbocycles. The number of aromatic nitrogens is 2. The van der Waals surface area contributed by atoms with Gasteiger partial charge in [0.1, 0.15) is 0 Å². The van der Waals surface area contributed by atoms with E-state index >= 15 is 0 Å². The van der Waals surface area contributed by atoms with E-state index in [4.69, 9.17) is 4.52 Å². The van der Waals surface area contributed by atoms with Crippen molar-refractivity contribution in [2.75, 3.05) is 6.54 Å². The minimum Gasteiger partial charge on any atom is -0.340 e. The zero-order valence-electron chi connectivity index (χ0n) is 10.1. The summed E-state index contributed by atoms with van der Waals surface area (Å²) in [7, 11) is 0. The maximum atomic E-state index is 4.90. The predicted octanol–water partition coefficient (Wildman–Crippen LogP) is 1.94. The van der Waals surface area contributed by atoms with Gasteiger partial charge in [-0.15, -0.1) is 0 Å². The second kappa shape index (κ2) is 5.85. The Labute approximate surface area is 91.5 Å². The Balaban J connectivity index is 2.16. The van der Waals surface area contributed by atoms with Crippen molar-refractivity contribution in [2.45, 2.75) is 46.6 Å². The van der Waals surface area contributed by atoms with Crippen molar-refractivity contribution in [1.82, 2.24) is 15.5 Å². The van der Waals surface area contributed by atoms with Crippen LogP contribution in [-0.2, 0) is 6.42 Å². The molecule has 4 heteroatoms. The standard InChI is InChI=1S/C11H21N3O/c1-8(2)7-9(3)12-6-5-11-13-10(4)15-14-11/h8-9,12H,5-7H2,1-4H3. The molecule has 1 aromatic rings. The smallest absolute Gasteiger partial charge is 0.223 e. The molecule has 0 spiro atoms. The van der Waals surface area contributed by atoms with Crippen molar-refractivity contribution in [1.29, 1.82) is 0 Å². The molecular weight excluding hydrogens is 190 g/mol. The molecule has 0 saturated heterocycles. The van der Waals surface area contributed by atoms with Crippen LogP contribution in [0.3, 0.4) is 0 Å². The van der Waals surface area contributed by atoms with Crippen molar-refractivity contribution in [3.05, 3.63) is 11.7 Å². The number of nitrogens with one attached hydrogen (secondary N) is 1. The third-order valence-electron chi connectivity index (χ3n) is 2.24. The van der Waals surface area contributed by atoms with Gasteiger partial charge in [-0.05, 0) is 19.3 Å². The Kier molecular flexibility index (Phi) is 4.75. The zero-order valence-corrected chi connectivity index (χ0v) is 10.1. The summed E-state index contributed by atoms with van der Waals surface area (Å²) in [5, 5.41) is 7.30.